The van der Waals surface area contributed by atoms with E-state index < -0.39 is 0 Å². The monoisotopic (exact) mass is 296 g/mol. The van der Waals surface area contributed by atoms with Crippen molar-refractivity contribution < 1.29 is 4.74 Å². The van der Waals surface area contributed by atoms with E-state index in [1.165, 1.54) is 57.9 Å². The van der Waals surface area contributed by atoms with Crippen LogP contribution in [0.1, 0.15) is 65.2 Å². The average molecular weight is 296 g/mol. The molecule has 0 aromatic carbocycles. The van der Waals surface area contributed by atoms with Crippen LogP contribution in [-0.4, -0.2) is 49.8 Å². The summed E-state index contributed by atoms with van der Waals surface area (Å²) in [6.07, 6.45) is 11.4. The van der Waals surface area contributed by atoms with E-state index in [1.54, 1.807) is 0 Å². The van der Waals surface area contributed by atoms with Gasteiger partial charge >= 0.3 is 0 Å². The lowest BCUT2D eigenvalue weighted by molar-refractivity contribution is -0.0506. The lowest BCUT2D eigenvalue weighted by atomic mass is 9.83. The molecule has 2 atom stereocenters. The van der Waals surface area contributed by atoms with Gasteiger partial charge in [-0.25, -0.2) is 0 Å². The second-order valence-electron chi connectivity index (χ2n) is 7.01. The summed E-state index contributed by atoms with van der Waals surface area (Å²) in [5, 5.41) is 3.80. The molecule has 1 aliphatic heterocycles. The lowest BCUT2D eigenvalue weighted by Crippen LogP contribution is -2.53. The van der Waals surface area contributed by atoms with Crippen LogP contribution in [0.4, 0.5) is 0 Å². The largest absolute Gasteiger partial charge is 0.374 e. The van der Waals surface area contributed by atoms with Crippen LogP contribution in [0.5, 0.6) is 0 Å². The van der Waals surface area contributed by atoms with Crippen LogP contribution in [0.2, 0.25) is 0 Å². The molecule has 1 N–H and O–H groups in total. The van der Waals surface area contributed by atoms with Crippen LogP contribution in [0.15, 0.2) is 0 Å². The predicted octanol–water partition coefficient (Wildman–Crippen LogP) is 3.44. The van der Waals surface area contributed by atoms with Gasteiger partial charge in [0, 0.05) is 19.1 Å². The van der Waals surface area contributed by atoms with Crippen LogP contribution in [0, 0.1) is 5.92 Å². The Morgan fingerprint density at radius 3 is 2.67 bits per heavy atom. The molecule has 1 saturated heterocycles. The molecule has 0 aromatic heterocycles. The Hall–Kier alpha value is -0.120. The third kappa shape index (κ3) is 5.88. The summed E-state index contributed by atoms with van der Waals surface area (Å²) in [5.74, 6) is 0.929. The number of rotatable bonds is 8. The highest BCUT2D eigenvalue weighted by Crippen LogP contribution is 2.29. The van der Waals surface area contributed by atoms with Crippen molar-refractivity contribution in [3.63, 3.8) is 0 Å². The Morgan fingerprint density at radius 1 is 1.14 bits per heavy atom. The molecule has 1 heterocycles. The van der Waals surface area contributed by atoms with Crippen LogP contribution in [-0.2, 0) is 4.74 Å². The summed E-state index contributed by atoms with van der Waals surface area (Å²) >= 11 is 0. The number of nitrogens with zero attached hydrogens (tertiary/aromatic N) is 1. The Labute approximate surface area is 131 Å². The van der Waals surface area contributed by atoms with E-state index in [0.717, 1.165) is 32.2 Å². The smallest absolute Gasteiger partial charge is 0.0855 e. The molecule has 0 bridgehead atoms. The van der Waals surface area contributed by atoms with Gasteiger partial charge in [-0.1, -0.05) is 46.0 Å². The summed E-state index contributed by atoms with van der Waals surface area (Å²) in [5.41, 5.74) is 0. The van der Waals surface area contributed by atoms with Crippen LogP contribution in [0.3, 0.4) is 0 Å². The number of hydrogen-bond donors (Lipinski definition) is 1. The van der Waals surface area contributed by atoms with Gasteiger partial charge in [0.15, 0.2) is 0 Å². The first-order valence-electron chi connectivity index (χ1n) is 9.40. The van der Waals surface area contributed by atoms with Crippen molar-refractivity contribution in [3.8, 4) is 0 Å². The van der Waals surface area contributed by atoms with Gasteiger partial charge in [0.25, 0.3) is 0 Å². The molecule has 0 radical (unpaired) electrons. The molecule has 2 rings (SSSR count). The van der Waals surface area contributed by atoms with E-state index in [1.807, 2.05) is 0 Å². The molecule has 0 aromatic rings. The summed E-state index contributed by atoms with van der Waals surface area (Å²) in [4.78, 5) is 2.59. The minimum atomic E-state index is 0.402. The predicted molar refractivity (Wildman–Crippen MR) is 89.7 cm³/mol. The second-order valence-corrected chi connectivity index (χ2v) is 7.01. The molecule has 2 aliphatic rings. The quantitative estimate of drug-likeness (QED) is 0.742. The molecule has 0 amide bonds. The molecule has 124 valence electrons. The van der Waals surface area contributed by atoms with E-state index >= 15 is 0 Å². The Morgan fingerprint density at radius 2 is 1.95 bits per heavy atom. The minimum absolute atomic E-state index is 0.402. The average Bonchev–Trinajstić information content (AvgIpc) is 2.53. The standard InChI is InChI=1S/C18H36N2O/c1-3-10-19-17(14-16-8-6-5-7-9-16)18-15-20(11-4-2)12-13-21-18/h16-19H,3-15H2,1-2H3. The number of morpholine rings is 1. The van der Waals surface area contributed by atoms with Crippen molar-refractivity contribution in [1.29, 1.82) is 0 Å². The molecule has 3 heteroatoms. The topological polar surface area (TPSA) is 24.5 Å². The van der Waals surface area contributed by atoms with E-state index in [-0.39, 0.29) is 0 Å². The molecule has 21 heavy (non-hydrogen) atoms. The number of ether oxygens (including phenoxy) is 1. The molecular weight excluding hydrogens is 260 g/mol. The fraction of sp³-hybridized carbons (Fsp3) is 1.00. The zero-order valence-corrected chi connectivity index (χ0v) is 14.3. The van der Waals surface area contributed by atoms with Gasteiger partial charge in [0.05, 0.1) is 12.7 Å². The molecular formula is C18H36N2O. The summed E-state index contributed by atoms with van der Waals surface area (Å²) in [6.45, 7) is 10.1. The Kier molecular flexibility index (Phi) is 8.05. The summed E-state index contributed by atoms with van der Waals surface area (Å²) in [6, 6.07) is 0.563. The van der Waals surface area contributed by atoms with Crippen molar-refractivity contribution in [3.05, 3.63) is 0 Å². The van der Waals surface area contributed by atoms with Crippen LogP contribution < -0.4 is 5.32 Å². The highest BCUT2D eigenvalue weighted by Gasteiger charge is 2.29. The van der Waals surface area contributed by atoms with Crippen LogP contribution >= 0.6 is 0 Å². The molecule has 1 saturated carbocycles. The van der Waals surface area contributed by atoms with Crippen molar-refractivity contribution in [2.24, 2.45) is 5.92 Å². The zero-order valence-electron chi connectivity index (χ0n) is 14.3. The van der Waals surface area contributed by atoms with E-state index in [2.05, 4.69) is 24.1 Å². The number of nitrogens with one attached hydrogen (secondary N) is 1. The van der Waals surface area contributed by atoms with Crippen molar-refractivity contribution >= 4 is 0 Å². The summed E-state index contributed by atoms with van der Waals surface area (Å²) < 4.78 is 6.15. The molecule has 2 unspecified atom stereocenters. The zero-order chi connectivity index (χ0) is 14.9. The van der Waals surface area contributed by atoms with Crippen molar-refractivity contribution in [2.45, 2.75) is 77.4 Å². The molecule has 3 nitrogen and oxygen atoms in total. The van der Waals surface area contributed by atoms with Gasteiger partial charge in [-0.05, 0) is 38.3 Å². The normalized spacial score (nSPS) is 26.9. The first kappa shape index (κ1) is 17.2. The first-order chi connectivity index (χ1) is 10.3. The fourth-order valence-electron chi connectivity index (χ4n) is 3.97. The van der Waals surface area contributed by atoms with Gasteiger partial charge in [-0.3, -0.25) is 4.90 Å². The van der Waals surface area contributed by atoms with Gasteiger partial charge in [-0.15, -0.1) is 0 Å². The maximum atomic E-state index is 6.15. The minimum Gasteiger partial charge on any atom is -0.374 e. The van der Waals surface area contributed by atoms with Crippen molar-refractivity contribution in [2.75, 3.05) is 32.8 Å². The maximum absolute atomic E-state index is 6.15. The molecule has 0 spiro atoms. The molecule has 2 fully saturated rings. The summed E-state index contributed by atoms with van der Waals surface area (Å²) in [7, 11) is 0. The highest BCUT2D eigenvalue weighted by molar-refractivity contribution is 4.85. The van der Waals surface area contributed by atoms with Gasteiger partial charge < -0.3 is 10.1 Å². The van der Waals surface area contributed by atoms with E-state index in [9.17, 15) is 0 Å². The SMILES string of the molecule is CCCNC(CC1CCCCC1)C1CN(CCC)CCO1. The lowest BCUT2D eigenvalue weighted by Gasteiger charge is -2.39. The van der Waals surface area contributed by atoms with E-state index in [4.69, 9.17) is 4.74 Å². The second kappa shape index (κ2) is 9.81. The third-order valence-electron chi connectivity index (χ3n) is 5.13. The third-order valence-corrected chi connectivity index (χ3v) is 5.13. The highest BCUT2D eigenvalue weighted by atomic mass is 16.5. The Bertz CT molecular complexity index is 264. The van der Waals surface area contributed by atoms with E-state index in [0.29, 0.717) is 12.1 Å². The first-order valence-corrected chi connectivity index (χ1v) is 9.40. The van der Waals surface area contributed by atoms with Gasteiger partial charge in [0.2, 0.25) is 0 Å². The Balaban J connectivity index is 1.87. The van der Waals surface area contributed by atoms with Gasteiger partial charge in [-0.2, -0.15) is 0 Å². The fourth-order valence-corrected chi connectivity index (χ4v) is 3.97. The van der Waals surface area contributed by atoms with Crippen LogP contribution in [0.25, 0.3) is 0 Å². The number of hydrogen-bond acceptors (Lipinski definition) is 3. The van der Waals surface area contributed by atoms with Crippen molar-refractivity contribution in [1.82, 2.24) is 10.2 Å². The van der Waals surface area contributed by atoms with Gasteiger partial charge in [0.1, 0.15) is 0 Å². The molecule has 1 aliphatic carbocycles. The maximum Gasteiger partial charge on any atom is 0.0855 e.